The van der Waals surface area contributed by atoms with Crippen molar-refractivity contribution in [3.63, 3.8) is 0 Å². The summed E-state index contributed by atoms with van der Waals surface area (Å²) in [5, 5.41) is 7.72. The van der Waals surface area contributed by atoms with Gasteiger partial charge in [0.2, 0.25) is 5.91 Å². The molecule has 0 saturated heterocycles. The number of fused-ring (bicyclic) bond motifs is 1. The van der Waals surface area contributed by atoms with E-state index >= 15 is 0 Å². The van der Waals surface area contributed by atoms with Gasteiger partial charge in [0.25, 0.3) is 5.56 Å². The Balaban J connectivity index is 1.48. The number of urea groups is 1. The molecule has 0 unspecified atom stereocenters. The van der Waals surface area contributed by atoms with Gasteiger partial charge in [-0.25, -0.2) is 9.78 Å². The summed E-state index contributed by atoms with van der Waals surface area (Å²) >= 11 is 7.30. The van der Waals surface area contributed by atoms with Gasteiger partial charge in [-0.05, 0) is 23.3 Å². The second-order valence-electron chi connectivity index (χ2n) is 6.73. The molecule has 0 bridgehead atoms. The topological polar surface area (TPSA) is 93.1 Å². The van der Waals surface area contributed by atoms with E-state index in [9.17, 15) is 14.4 Å². The minimum Gasteiger partial charge on any atom is -0.334 e. The molecule has 2 heterocycles. The fourth-order valence-electron chi connectivity index (χ4n) is 3.07. The Morgan fingerprint density at radius 1 is 1.06 bits per heavy atom. The first-order valence-corrected chi connectivity index (χ1v) is 10.6. The zero-order valence-electron chi connectivity index (χ0n) is 16.2. The first-order chi connectivity index (χ1) is 15.0. The first kappa shape index (κ1) is 20.8. The number of aromatic nitrogens is 2. The van der Waals surface area contributed by atoms with Crippen molar-refractivity contribution < 1.29 is 9.59 Å². The normalized spacial score (nSPS) is 10.7. The minimum atomic E-state index is -0.631. The standard InChI is InChI=1S/C22H17ClN4O3S/c23-16-8-6-15(7-9-16)17-12-31-20-19(17)21(29)27(13-25-20)11-18(28)26-22(30)24-10-14-4-2-1-3-5-14/h1-9,12-13H,10-11H2,(H2,24,26,28,30). The Morgan fingerprint density at radius 3 is 2.55 bits per heavy atom. The quantitative estimate of drug-likeness (QED) is 0.481. The SMILES string of the molecule is O=C(Cn1cnc2scc(-c3ccc(Cl)cc3)c2c1=O)NC(=O)NCc1ccccc1. The van der Waals surface area contributed by atoms with E-state index in [-0.39, 0.29) is 18.6 Å². The summed E-state index contributed by atoms with van der Waals surface area (Å²) in [4.78, 5) is 42.1. The fourth-order valence-corrected chi connectivity index (χ4v) is 4.10. The maximum absolute atomic E-state index is 13.0. The van der Waals surface area contributed by atoms with Crippen molar-refractivity contribution in [2.75, 3.05) is 0 Å². The highest BCUT2D eigenvalue weighted by Crippen LogP contribution is 2.31. The van der Waals surface area contributed by atoms with Crippen LogP contribution < -0.4 is 16.2 Å². The summed E-state index contributed by atoms with van der Waals surface area (Å²) < 4.78 is 1.19. The number of halogens is 1. The highest BCUT2D eigenvalue weighted by Gasteiger charge is 2.15. The molecule has 0 aliphatic heterocycles. The Kier molecular flexibility index (Phi) is 6.11. The van der Waals surface area contributed by atoms with Gasteiger partial charge in [-0.15, -0.1) is 11.3 Å². The molecule has 9 heteroatoms. The van der Waals surface area contributed by atoms with Crippen molar-refractivity contribution in [1.82, 2.24) is 20.2 Å². The molecule has 0 saturated carbocycles. The monoisotopic (exact) mass is 452 g/mol. The van der Waals surface area contributed by atoms with E-state index in [0.717, 1.165) is 16.7 Å². The van der Waals surface area contributed by atoms with Crippen molar-refractivity contribution in [3.8, 4) is 11.1 Å². The summed E-state index contributed by atoms with van der Waals surface area (Å²) in [5.74, 6) is -0.614. The highest BCUT2D eigenvalue weighted by molar-refractivity contribution is 7.17. The number of imide groups is 1. The van der Waals surface area contributed by atoms with Crippen molar-refractivity contribution in [2.45, 2.75) is 13.1 Å². The number of rotatable bonds is 5. The molecule has 0 fully saturated rings. The molecule has 0 aliphatic rings. The van der Waals surface area contributed by atoms with E-state index < -0.39 is 11.9 Å². The number of thiophene rings is 1. The number of nitrogens with zero attached hydrogens (tertiary/aromatic N) is 2. The van der Waals surface area contributed by atoms with Gasteiger partial charge in [0, 0.05) is 22.5 Å². The van der Waals surface area contributed by atoms with Crippen molar-refractivity contribution in [3.05, 3.63) is 87.2 Å². The average molecular weight is 453 g/mol. The number of hydrogen-bond donors (Lipinski definition) is 2. The van der Waals surface area contributed by atoms with Crippen LogP contribution in [0.5, 0.6) is 0 Å². The second-order valence-corrected chi connectivity index (χ2v) is 8.03. The fraction of sp³-hybridized carbons (Fsp3) is 0.0909. The van der Waals surface area contributed by atoms with Crippen molar-refractivity contribution >= 4 is 45.1 Å². The third kappa shape index (κ3) is 4.82. The van der Waals surface area contributed by atoms with Gasteiger partial charge in [0.1, 0.15) is 11.4 Å². The Bertz CT molecular complexity index is 1300. The maximum Gasteiger partial charge on any atom is 0.321 e. The molecule has 7 nitrogen and oxygen atoms in total. The van der Waals surface area contributed by atoms with Crippen LogP contribution in [0.1, 0.15) is 5.56 Å². The lowest BCUT2D eigenvalue weighted by atomic mass is 10.1. The van der Waals surface area contributed by atoms with Gasteiger partial charge in [0.15, 0.2) is 0 Å². The number of amides is 3. The zero-order valence-corrected chi connectivity index (χ0v) is 17.7. The van der Waals surface area contributed by atoms with E-state index in [2.05, 4.69) is 15.6 Å². The maximum atomic E-state index is 13.0. The van der Waals surface area contributed by atoms with Crippen LogP contribution in [-0.2, 0) is 17.9 Å². The van der Waals surface area contributed by atoms with Gasteiger partial charge in [-0.3, -0.25) is 19.5 Å². The minimum absolute atomic E-state index is 0.284. The Labute approximate surface area is 186 Å². The van der Waals surface area contributed by atoms with Crippen molar-refractivity contribution in [1.29, 1.82) is 0 Å². The Hall–Kier alpha value is -3.49. The average Bonchev–Trinajstić information content (AvgIpc) is 3.20. The van der Waals surface area contributed by atoms with Gasteiger partial charge in [-0.2, -0.15) is 0 Å². The molecule has 0 radical (unpaired) electrons. The zero-order chi connectivity index (χ0) is 21.8. The third-order valence-corrected chi connectivity index (χ3v) is 5.72. The molecule has 0 spiro atoms. The van der Waals surface area contributed by atoms with E-state index in [1.54, 1.807) is 12.1 Å². The number of carbonyl (C=O) groups excluding carboxylic acids is 2. The predicted molar refractivity (Wildman–Crippen MR) is 121 cm³/mol. The lowest BCUT2D eigenvalue weighted by Gasteiger charge is -2.08. The number of benzene rings is 2. The molecule has 0 atom stereocenters. The summed E-state index contributed by atoms with van der Waals surface area (Å²) in [6.45, 7) is -0.0385. The summed E-state index contributed by atoms with van der Waals surface area (Å²) in [6, 6.07) is 15.8. The van der Waals surface area contributed by atoms with Crippen LogP contribution in [0, 0.1) is 0 Å². The van der Waals surface area contributed by atoms with Gasteiger partial charge in [0.05, 0.1) is 11.7 Å². The van der Waals surface area contributed by atoms with Crippen LogP contribution >= 0.6 is 22.9 Å². The van der Waals surface area contributed by atoms with Gasteiger partial charge < -0.3 is 5.32 Å². The number of hydrogen-bond acceptors (Lipinski definition) is 5. The summed E-state index contributed by atoms with van der Waals surface area (Å²) in [7, 11) is 0. The van der Waals surface area contributed by atoms with Crippen LogP contribution in [0.25, 0.3) is 21.3 Å². The van der Waals surface area contributed by atoms with Gasteiger partial charge in [-0.1, -0.05) is 54.1 Å². The molecule has 4 rings (SSSR count). The first-order valence-electron chi connectivity index (χ1n) is 9.35. The third-order valence-electron chi connectivity index (χ3n) is 4.58. The lowest BCUT2D eigenvalue weighted by Crippen LogP contribution is -2.41. The largest absolute Gasteiger partial charge is 0.334 e. The molecule has 4 aromatic rings. The highest BCUT2D eigenvalue weighted by atomic mass is 35.5. The lowest BCUT2D eigenvalue weighted by molar-refractivity contribution is -0.120. The predicted octanol–water partition coefficient (Wildman–Crippen LogP) is 3.80. The number of nitrogens with one attached hydrogen (secondary N) is 2. The molecule has 3 amide bonds. The molecular weight excluding hydrogens is 436 g/mol. The van der Waals surface area contributed by atoms with E-state index in [1.807, 2.05) is 47.8 Å². The molecular formula is C22H17ClN4O3S. The summed E-state index contributed by atoms with van der Waals surface area (Å²) in [6.07, 6.45) is 1.31. The van der Waals surface area contributed by atoms with Crippen LogP contribution in [0.2, 0.25) is 5.02 Å². The molecule has 31 heavy (non-hydrogen) atoms. The van der Waals surface area contributed by atoms with Crippen LogP contribution in [0.3, 0.4) is 0 Å². The molecule has 2 N–H and O–H groups in total. The van der Waals surface area contributed by atoms with E-state index in [1.165, 1.54) is 22.2 Å². The van der Waals surface area contributed by atoms with E-state index in [4.69, 9.17) is 11.6 Å². The van der Waals surface area contributed by atoms with Gasteiger partial charge >= 0.3 is 6.03 Å². The number of carbonyl (C=O) groups is 2. The van der Waals surface area contributed by atoms with E-state index in [0.29, 0.717) is 15.2 Å². The molecule has 2 aromatic carbocycles. The molecule has 2 aromatic heterocycles. The van der Waals surface area contributed by atoms with Crippen LogP contribution in [0.4, 0.5) is 4.79 Å². The van der Waals surface area contributed by atoms with Crippen LogP contribution in [0.15, 0.2) is 71.1 Å². The van der Waals surface area contributed by atoms with Crippen molar-refractivity contribution in [2.24, 2.45) is 0 Å². The smallest absolute Gasteiger partial charge is 0.321 e. The molecule has 0 aliphatic carbocycles. The Morgan fingerprint density at radius 2 is 1.81 bits per heavy atom. The summed E-state index contributed by atoms with van der Waals surface area (Å²) in [5.41, 5.74) is 2.11. The second kappa shape index (κ2) is 9.11. The molecule has 156 valence electrons. The van der Waals surface area contributed by atoms with Crippen LogP contribution in [-0.4, -0.2) is 21.5 Å².